The molecule has 5 nitrogen and oxygen atoms in total. The van der Waals surface area contributed by atoms with E-state index in [0.717, 1.165) is 55.8 Å². The molecule has 4 rings (SSSR count). The Morgan fingerprint density at radius 2 is 2.14 bits per heavy atom. The lowest BCUT2D eigenvalue weighted by Crippen LogP contribution is -2.49. The smallest absolute Gasteiger partial charge is 0.191 e. The first kappa shape index (κ1) is 21.9. The van der Waals surface area contributed by atoms with E-state index in [1.165, 1.54) is 22.7 Å². The molecule has 0 saturated carbocycles. The van der Waals surface area contributed by atoms with Crippen molar-refractivity contribution in [3.63, 3.8) is 0 Å². The molecule has 3 heterocycles. The van der Waals surface area contributed by atoms with Gasteiger partial charge in [-0.25, -0.2) is 4.39 Å². The number of benzene rings is 1. The van der Waals surface area contributed by atoms with Gasteiger partial charge in [0.05, 0.1) is 5.00 Å². The fourth-order valence-electron chi connectivity index (χ4n) is 3.76. The third-order valence-corrected chi connectivity index (χ3v) is 6.22. The molecule has 1 aliphatic heterocycles. The average molecular weight is 527 g/mol. The van der Waals surface area contributed by atoms with Crippen LogP contribution in [0, 0.1) is 5.82 Å². The second kappa shape index (κ2) is 10.3. The highest BCUT2D eigenvalue weighted by atomic mass is 127. The van der Waals surface area contributed by atoms with Crippen molar-refractivity contribution in [3.05, 3.63) is 53.3 Å². The standard InChI is InChI=1S/C21H26FN5S.HI/c1-23-21(26-17-7-10-27(11-8-17)20-3-2-12-28-20)24-9-6-15-14-25-19-13-16(22)4-5-18(15)19;/h2-5,12-14,17,25H,6-11H2,1H3,(H2,23,24,26);1H. The number of hydrogen-bond acceptors (Lipinski definition) is 3. The van der Waals surface area contributed by atoms with E-state index < -0.39 is 0 Å². The summed E-state index contributed by atoms with van der Waals surface area (Å²) in [6.45, 7) is 2.92. The van der Waals surface area contributed by atoms with E-state index in [2.05, 4.69) is 43.0 Å². The third-order valence-electron chi connectivity index (χ3n) is 5.29. The molecule has 1 fully saturated rings. The number of aromatic nitrogens is 1. The summed E-state index contributed by atoms with van der Waals surface area (Å²) >= 11 is 1.81. The van der Waals surface area contributed by atoms with Crippen LogP contribution < -0.4 is 15.5 Å². The van der Waals surface area contributed by atoms with Crippen molar-refractivity contribution >= 4 is 57.2 Å². The summed E-state index contributed by atoms with van der Waals surface area (Å²) in [6, 6.07) is 9.63. The minimum absolute atomic E-state index is 0. The number of anilines is 1. The van der Waals surface area contributed by atoms with Crippen LogP contribution in [0.4, 0.5) is 9.39 Å². The van der Waals surface area contributed by atoms with Crippen LogP contribution in [0.3, 0.4) is 0 Å². The van der Waals surface area contributed by atoms with Gasteiger partial charge < -0.3 is 20.5 Å². The average Bonchev–Trinajstić information content (AvgIpc) is 3.38. The van der Waals surface area contributed by atoms with Crippen molar-refractivity contribution < 1.29 is 4.39 Å². The number of aromatic amines is 1. The lowest BCUT2D eigenvalue weighted by molar-refractivity contribution is 0.463. The molecule has 0 radical (unpaired) electrons. The van der Waals surface area contributed by atoms with Crippen molar-refractivity contribution in [3.8, 4) is 0 Å². The zero-order valence-electron chi connectivity index (χ0n) is 16.5. The van der Waals surface area contributed by atoms with Crippen LogP contribution in [0.5, 0.6) is 0 Å². The lowest BCUT2D eigenvalue weighted by atomic mass is 10.1. The van der Waals surface area contributed by atoms with Gasteiger partial charge >= 0.3 is 0 Å². The summed E-state index contributed by atoms with van der Waals surface area (Å²) < 4.78 is 13.3. The van der Waals surface area contributed by atoms with Gasteiger partial charge in [-0.15, -0.1) is 35.3 Å². The number of nitrogens with one attached hydrogen (secondary N) is 3. The molecular weight excluding hydrogens is 500 g/mol. The van der Waals surface area contributed by atoms with Gasteiger partial charge in [0.15, 0.2) is 5.96 Å². The molecule has 0 bridgehead atoms. The quantitative estimate of drug-likeness (QED) is 0.263. The molecule has 0 amide bonds. The van der Waals surface area contributed by atoms with Crippen LogP contribution in [0.2, 0.25) is 0 Å². The number of nitrogens with zero attached hydrogens (tertiary/aromatic N) is 2. The van der Waals surface area contributed by atoms with Crippen LogP contribution in [0.1, 0.15) is 18.4 Å². The number of guanidine groups is 1. The van der Waals surface area contributed by atoms with Crippen LogP contribution in [-0.4, -0.2) is 43.7 Å². The Balaban J connectivity index is 0.00000240. The Morgan fingerprint density at radius 1 is 1.31 bits per heavy atom. The number of aliphatic imine (C=N–C) groups is 1. The first-order valence-corrected chi connectivity index (χ1v) is 10.6. The summed E-state index contributed by atoms with van der Waals surface area (Å²) in [4.78, 5) is 9.97. The molecule has 1 aromatic carbocycles. The van der Waals surface area contributed by atoms with Crippen molar-refractivity contribution in [1.82, 2.24) is 15.6 Å². The fraction of sp³-hybridized carbons (Fsp3) is 0.381. The Kier molecular flexibility index (Phi) is 7.77. The minimum atomic E-state index is -0.214. The van der Waals surface area contributed by atoms with Crippen molar-refractivity contribution in [2.24, 2.45) is 4.99 Å². The topological polar surface area (TPSA) is 55.5 Å². The monoisotopic (exact) mass is 527 g/mol. The van der Waals surface area contributed by atoms with Crippen LogP contribution in [0.25, 0.3) is 10.9 Å². The molecular formula is C21H27FIN5S. The Labute approximate surface area is 191 Å². The lowest BCUT2D eigenvalue weighted by Gasteiger charge is -2.33. The number of rotatable bonds is 5. The van der Waals surface area contributed by atoms with Gasteiger partial charge in [-0.1, -0.05) is 0 Å². The van der Waals surface area contributed by atoms with Crippen LogP contribution in [-0.2, 0) is 6.42 Å². The number of H-pyrrole nitrogens is 1. The predicted molar refractivity (Wildman–Crippen MR) is 131 cm³/mol. The zero-order chi connectivity index (χ0) is 19.3. The van der Waals surface area contributed by atoms with E-state index in [9.17, 15) is 4.39 Å². The molecule has 1 aliphatic rings. The molecule has 0 atom stereocenters. The summed E-state index contributed by atoms with van der Waals surface area (Å²) in [5, 5.41) is 11.5. The molecule has 0 unspecified atom stereocenters. The van der Waals surface area contributed by atoms with Crippen LogP contribution >= 0.6 is 35.3 Å². The van der Waals surface area contributed by atoms with Gasteiger partial charge in [-0.2, -0.15) is 0 Å². The van der Waals surface area contributed by atoms with Gasteiger partial charge in [-0.05, 0) is 60.5 Å². The first-order valence-electron chi connectivity index (χ1n) is 9.74. The van der Waals surface area contributed by atoms with Gasteiger partial charge in [0, 0.05) is 49.8 Å². The number of fused-ring (bicyclic) bond motifs is 1. The molecule has 0 aliphatic carbocycles. The minimum Gasteiger partial charge on any atom is -0.363 e. The first-order chi connectivity index (χ1) is 13.7. The van der Waals surface area contributed by atoms with Gasteiger partial charge in [0.25, 0.3) is 0 Å². The normalized spacial score (nSPS) is 15.4. The fourth-order valence-corrected chi connectivity index (χ4v) is 4.55. The molecule has 8 heteroatoms. The molecule has 156 valence electrons. The summed E-state index contributed by atoms with van der Waals surface area (Å²) in [6.07, 6.45) is 5.02. The van der Waals surface area contributed by atoms with Crippen molar-refractivity contribution in [2.45, 2.75) is 25.3 Å². The highest BCUT2D eigenvalue weighted by Crippen LogP contribution is 2.24. The van der Waals surface area contributed by atoms with Crippen molar-refractivity contribution in [2.75, 3.05) is 31.6 Å². The molecule has 1 saturated heterocycles. The zero-order valence-corrected chi connectivity index (χ0v) is 19.6. The molecule has 3 aromatic rings. The second-order valence-corrected chi connectivity index (χ2v) is 8.04. The summed E-state index contributed by atoms with van der Waals surface area (Å²) in [7, 11) is 1.81. The SMILES string of the molecule is CN=C(NCCc1c[nH]c2cc(F)ccc12)NC1CCN(c2cccs2)CC1.I. The Morgan fingerprint density at radius 3 is 2.86 bits per heavy atom. The second-order valence-electron chi connectivity index (χ2n) is 7.11. The van der Waals surface area contributed by atoms with E-state index in [1.54, 1.807) is 11.3 Å². The molecule has 2 aromatic heterocycles. The summed E-state index contributed by atoms with van der Waals surface area (Å²) in [5.41, 5.74) is 2.03. The van der Waals surface area contributed by atoms with Gasteiger partial charge in [0.2, 0.25) is 0 Å². The summed E-state index contributed by atoms with van der Waals surface area (Å²) in [5.74, 6) is 0.634. The highest BCUT2D eigenvalue weighted by molar-refractivity contribution is 14.0. The van der Waals surface area contributed by atoms with E-state index >= 15 is 0 Å². The predicted octanol–water partition coefficient (Wildman–Crippen LogP) is 4.36. The number of hydrogen-bond donors (Lipinski definition) is 3. The van der Waals surface area contributed by atoms with E-state index in [4.69, 9.17) is 0 Å². The molecule has 3 N–H and O–H groups in total. The van der Waals surface area contributed by atoms with E-state index in [0.29, 0.717) is 6.04 Å². The number of thiophene rings is 1. The Bertz CT molecular complexity index is 932. The maximum Gasteiger partial charge on any atom is 0.191 e. The number of piperidine rings is 1. The number of halogens is 2. The highest BCUT2D eigenvalue weighted by Gasteiger charge is 2.20. The molecule has 29 heavy (non-hydrogen) atoms. The van der Waals surface area contributed by atoms with Crippen LogP contribution in [0.15, 0.2) is 46.9 Å². The maximum atomic E-state index is 13.3. The van der Waals surface area contributed by atoms with Gasteiger partial charge in [0.1, 0.15) is 5.82 Å². The Hall–Kier alpha value is -1.81. The van der Waals surface area contributed by atoms with Crippen molar-refractivity contribution in [1.29, 1.82) is 0 Å². The van der Waals surface area contributed by atoms with Gasteiger partial charge in [-0.3, -0.25) is 4.99 Å². The molecule has 0 spiro atoms. The third kappa shape index (κ3) is 5.42. The largest absolute Gasteiger partial charge is 0.363 e. The van der Waals surface area contributed by atoms with E-state index in [-0.39, 0.29) is 29.8 Å². The maximum absolute atomic E-state index is 13.3. The van der Waals surface area contributed by atoms with E-state index in [1.807, 2.05) is 19.3 Å².